The third kappa shape index (κ3) is 6.76. The average Bonchev–Trinajstić information content (AvgIpc) is 2.96. The number of pyridine rings is 1. The molecule has 1 aromatic rings. The number of aromatic nitrogens is 1. The summed E-state index contributed by atoms with van der Waals surface area (Å²) in [6, 6.07) is 6.34. The molecule has 1 aliphatic carbocycles. The molecule has 0 bridgehead atoms. The van der Waals surface area contributed by atoms with E-state index in [1.54, 1.807) is 0 Å². The van der Waals surface area contributed by atoms with Gasteiger partial charge in [0.1, 0.15) is 0 Å². The second kappa shape index (κ2) is 11.7. The molecule has 3 rings (SSSR count). The van der Waals surface area contributed by atoms with Gasteiger partial charge in [-0.3, -0.25) is 9.78 Å². The number of carbonyl (C=O) groups excluding carboxylic acids is 1. The number of amides is 1. The topological polar surface area (TPSA) is 45.2 Å². The Balaban J connectivity index is 0.00000261. The van der Waals surface area contributed by atoms with Gasteiger partial charge < -0.3 is 10.2 Å². The fraction of sp³-hybridized carbons (Fsp3) is 0.727. The number of hydrogen-bond donors (Lipinski definition) is 1. The first-order chi connectivity index (χ1) is 12.7. The van der Waals surface area contributed by atoms with Gasteiger partial charge in [-0.05, 0) is 56.8 Å². The van der Waals surface area contributed by atoms with Crippen molar-refractivity contribution in [2.24, 2.45) is 11.8 Å². The maximum Gasteiger partial charge on any atom is 0.226 e. The molecule has 0 spiro atoms. The van der Waals surface area contributed by atoms with Gasteiger partial charge in [-0.2, -0.15) is 0 Å². The highest BCUT2D eigenvalue weighted by Gasteiger charge is 2.30. The maximum atomic E-state index is 13.4. The van der Waals surface area contributed by atoms with Crippen molar-refractivity contribution >= 4 is 18.3 Å². The van der Waals surface area contributed by atoms with Crippen molar-refractivity contribution in [2.45, 2.75) is 77.3 Å². The molecule has 2 heterocycles. The van der Waals surface area contributed by atoms with Crippen molar-refractivity contribution in [3.63, 3.8) is 0 Å². The SMILES string of the molecule is CC(CC1CCCCC1)C(=O)N(Cc1ccccn1)C1CCCNCC1.Cl. The Morgan fingerprint density at radius 2 is 1.96 bits per heavy atom. The van der Waals surface area contributed by atoms with Crippen LogP contribution in [0.4, 0.5) is 0 Å². The number of hydrogen-bond acceptors (Lipinski definition) is 3. The van der Waals surface area contributed by atoms with Crippen LogP contribution in [0.3, 0.4) is 0 Å². The fourth-order valence-electron chi connectivity index (χ4n) is 4.67. The summed E-state index contributed by atoms with van der Waals surface area (Å²) in [5.74, 6) is 1.21. The van der Waals surface area contributed by atoms with Crippen LogP contribution in [0.1, 0.15) is 70.4 Å². The van der Waals surface area contributed by atoms with Crippen LogP contribution >= 0.6 is 12.4 Å². The van der Waals surface area contributed by atoms with Crippen LogP contribution in [-0.2, 0) is 11.3 Å². The lowest BCUT2D eigenvalue weighted by Crippen LogP contribution is -2.43. The van der Waals surface area contributed by atoms with E-state index < -0.39 is 0 Å². The minimum atomic E-state index is 0. The lowest BCUT2D eigenvalue weighted by atomic mass is 9.82. The van der Waals surface area contributed by atoms with E-state index in [1.165, 1.54) is 32.1 Å². The quantitative estimate of drug-likeness (QED) is 0.769. The molecule has 1 amide bonds. The molecule has 1 N–H and O–H groups in total. The predicted molar refractivity (Wildman–Crippen MR) is 113 cm³/mol. The van der Waals surface area contributed by atoms with Crippen LogP contribution in [0.5, 0.6) is 0 Å². The van der Waals surface area contributed by atoms with Crippen LogP contribution in [0.15, 0.2) is 24.4 Å². The highest BCUT2D eigenvalue weighted by Crippen LogP contribution is 2.30. The molecule has 0 radical (unpaired) electrons. The van der Waals surface area contributed by atoms with Gasteiger partial charge in [-0.15, -0.1) is 12.4 Å². The van der Waals surface area contributed by atoms with E-state index in [0.29, 0.717) is 18.5 Å². The Kier molecular flexibility index (Phi) is 9.57. The summed E-state index contributed by atoms with van der Waals surface area (Å²) in [6.45, 7) is 4.88. The zero-order chi connectivity index (χ0) is 18.2. The molecular formula is C22H36ClN3O. The molecule has 152 valence electrons. The molecule has 2 unspecified atom stereocenters. The molecule has 27 heavy (non-hydrogen) atoms. The molecule has 1 aromatic heterocycles. The van der Waals surface area contributed by atoms with Gasteiger partial charge in [-0.1, -0.05) is 45.1 Å². The molecule has 1 aliphatic heterocycles. The van der Waals surface area contributed by atoms with Crippen molar-refractivity contribution in [3.8, 4) is 0 Å². The molecule has 4 nitrogen and oxygen atoms in total. The first kappa shape index (κ1) is 22.2. The van der Waals surface area contributed by atoms with Gasteiger partial charge in [0.05, 0.1) is 12.2 Å². The number of nitrogens with zero attached hydrogens (tertiary/aromatic N) is 2. The van der Waals surface area contributed by atoms with Crippen LogP contribution in [-0.4, -0.2) is 34.9 Å². The van der Waals surface area contributed by atoms with Gasteiger partial charge >= 0.3 is 0 Å². The molecule has 2 atom stereocenters. The van der Waals surface area contributed by atoms with E-state index in [-0.39, 0.29) is 18.3 Å². The van der Waals surface area contributed by atoms with Crippen LogP contribution in [0.25, 0.3) is 0 Å². The number of carbonyl (C=O) groups is 1. The van der Waals surface area contributed by atoms with Crippen molar-refractivity contribution in [1.82, 2.24) is 15.2 Å². The van der Waals surface area contributed by atoms with Gasteiger partial charge in [0.25, 0.3) is 0 Å². The minimum absolute atomic E-state index is 0. The molecule has 2 aliphatic rings. The predicted octanol–water partition coefficient (Wildman–Crippen LogP) is 4.58. The second-order valence-corrected chi connectivity index (χ2v) is 8.26. The molecule has 2 fully saturated rings. The van der Waals surface area contributed by atoms with E-state index in [4.69, 9.17) is 0 Å². The molecular weight excluding hydrogens is 358 g/mol. The van der Waals surface area contributed by atoms with E-state index in [9.17, 15) is 4.79 Å². The first-order valence-corrected chi connectivity index (χ1v) is 10.6. The summed E-state index contributed by atoms with van der Waals surface area (Å²) in [5.41, 5.74) is 1.00. The normalized spacial score (nSPS) is 22.3. The van der Waals surface area contributed by atoms with Crippen LogP contribution in [0.2, 0.25) is 0 Å². The molecule has 5 heteroatoms. The summed E-state index contributed by atoms with van der Waals surface area (Å²) < 4.78 is 0. The van der Waals surface area contributed by atoms with E-state index in [0.717, 1.165) is 50.4 Å². The zero-order valence-corrected chi connectivity index (χ0v) is 17.6. The Morgan fingerprint density at radius 3 is 2.70 bits per heavy atom. The summed E-state index contributed by atoms with van der Waals surface area (Å²) in [6.07, 6.45) is 12.9. The fourth-order valence-corrected chi connectivity index (χ4v) is 4.67. The second-order valence-electron chi connectivity index (χ2n) is 8.26. The lowest BCUT2D eigenvalue weighted by molar-refractivity contribution is -0.139. The number of halogens is 1. The van der Waals surface area contributed by atoms with Crippen LogP contribution < -0.4 is 5.32 Å². The maximum absolute atomic E-state index is 13.4. The van der Waals surface area contributed by atoms with E-state index >= 15 is 0 Å². The summed E-state index contributed by atoms with van der Waals surface area (Å²) in [5, 5.41) is 3.48. The average molecular weight is 394 g/mol. The van der Waals surface area contributed by atoms with Crippen molar-refractivity contribution in [1.29, 1.82) is 0 Å². The van der Waals surface area contributed by atoms with Crippen molar-refractivity contribution in [2.75, 3.05) is 13.1 Å². The summed E-state index contributed by atoms with van der Waals surface area (Å²) >= 11 is 0. The smallest absolute Gasteiger partial charge is 0.226 e. The standard InChI is InChI=1S/C22H35N3O.ClH/c1-18(16-19-8-3-2-4-9-19)22(26)25(17-20-10-5-6-14-24-20)21-11-7-13-23-15-12-21;/h5-6,10,14,18-19,21,23H,2-4,7-9,11-13,15-17H2,1H3;1H. The van der Waals surface area contributed by atoms with Crippen molar-refractivity contribution in [3.05, 3.63) is 30.1 Å². The van der Waals surface area contributed by atoms with Gasteiger partial charge in [0.15, 0.2) is 0 Å². The van der Waals surface area contributed by atoms with Crippen molar-refractivity contribution < 1.29 is 4.79 Å². The number of nitrogens with one attached hydrogen (secondary N) is 1. The third-order valence-electron chi connectivity index (χ3n) is 6.16. The summed E-state index contributed by atoms with van der Waals surface area (Å²) in [7, 11) is 0. The molecule has 1 saturated carbocycles. The molecule has 1 saturated heterocycles. The van der Waals surface area contributed by atoms with Crippen LogP contribution in [0, 0.1) is 11.8 Å². The van der Waals surface area contributed by atoms with Gasteiger partial charge in [-0.25, -0.2) is 0 Å². The highest BCUT2D eigenvalue weighted by atomic mass is 35.5. The highest BCUT2D eigenvalue weighted by molar-refractivity contribution is 5.85. The van der Waals surface area contributed by atoms with Gasteiger partial charge in [0.2, 0.25) is 5.91 Å². The monoisotopic (exact) mass is 393 g/mol. The Hall–Kier alpha value is -1.13. The minimum Gasteiger partial charge on any atom is -0.334 e. The Morgan fingerprint density at radius 1 is 1.15 bits per heavy atom. The van der Waals surface area contributed by atoms with E-state index in [1.807, 2.05) is 24.4 Å². The summed E-state index contributed by atoms with van der Waals surface area (Å²) in [4.78, 5) is 20.1. The Labute approximate surface area is 170 Å². The van der Waals surface area contributed by atoms with Gasteiger partial charge in [0, 0.05) is 18.2 Å². The number of rotatable bonds is 6. The Bertz CT molecular complexity index is 540. The molecule has 0 aromatic carbocycles. The van der Waals surface area contributed by atoms with E-state index in [2.05, 4.69) is 22.1 Å². The lowest BCUT2D eigenvalue weighted by Gasteiger charge is -2.34. The third-order valence-corrected chi connectivity index (χ3v) is 6.16. The zero-order valence-electron chi connectivity index (χ0n) is 16.7. The first-order valence-electron chi connectivity index (χ1n) is 10.6. The largest absolute Gasteiger partial charge is 0.334 e.